The molecule has 0 radical (unpaired) electrons. The topological polar surface area (TPSA) is 93.1 Å². The highest BCUT2D eigenvalue weighted by molar-refractivity contribution is 6.85. The number of nitrogens with zero attached hydrogens (tertiary/aromatic N) is 8. The molecular weight excluding hydrogens is 854 g/mol. The molecule has 0 saturated heterocycles. The number of benzene rings is 7. The summed E-state index contributed by atoms with van der Waals surface area (Å²) in [7, 11) is 3.99. The van der Waals surface area contributed by atoms with E-state index in [1.54, 1.807) is 0 Å². The lowest BCUT2D eigenvalue weighted by Gasteiger charge is -2.25. The molecule has 7 aromatic carbocycles. The second-order valence-electron chi connectivity index (χ2n) is 18.3. The number of hydrogen-bond donors (Lipinski definition) is 0. The summed E-state index contributed by atoms with van der Waals surface area (Å²) < 4.78 is 8.90. The maximum Gasteiger partial charge on any atom is 0.328 e. The number of fused-ring (bicyclic) bond motifs is 3. The molecule has 8 nitrogen and oxygen atoms in total. The maximum absolute atomic E-state index is 12.1. The Morgan fingerprint density at radius 1 is 0.471 bits per heavy atom. The molecule has 4 heterocycles. The predicted molar refractivity (Wildman–Crippen MR) is 288 cm³/mol. The first-order valence-electron chi connectivity index (χ1n) is 23.8. The summed E-state index contributed by atoms with van der Waals surface area (Å²) in [6, 6.07) is 72.4. The van der Waals surface area contributed by atoms with Crippen LogP contribution in [0.1, 0.15) is 42.7 Å². The van der Waals surface area contributed by atoms with Gasteiger partial charge in [0, 0.05) is 41.8 Å². The van der Waals surface area contributed by atoms with E-state index < -0.39 is 13.7 Å². The molecule has 0 aliphatic rings. The molecule has 0 unspecified atom stereocenters. The Hall–Kier alpha value is -8.85. The van der Waals surface area contributed by atoms with E-state index in [-0.39, 0.29) is 5.92 Å². The summed E-state index contributed by atoms with van der Waals surface area (Å²) in [5.41, 5.74) is 12.3. The molecule has 0 amide bonds. The second-order valence-corrected chi connectivity index (χ2v) is 18.3. The minimum absolute atomic E-state index is 0.141. The number of nitriles is 2. The highest BCUT2D eigenvalue weighted by atomic mass is 15.1. The van der Waals surface area contributed by atoms with Crippen molar-refractivity contribution in [3.8, 4) is 23.4 Å². The zero-order valence-corrected chi connectivity index (χ0v) is 39.8. The smallest absolute Gasteiger partial charge is 0.328 e. The molecule has 0 saturated carbocycles. The van der Waals surface area contributed by atoms with Crippen LogP contribution in [0, 0.1) is 29.6 Å². The predicted octanol–water partition coefficient (Wildman–Crippen LogP) is 8.07. The van der Waals surface area contributed by atoms with Crippen LogP contribution >= 0.6 is 0 Å². The number of para-hydroxylation sites is 4. The summed E-state index contributed by atoms with van der Waals surface area (Å²) >= 11 is 0. The van der Waals surface area contributed by atoms with Crippen LogP contribution in [0.2, 0.25) is 0 Å². The summed E-state index contributed by atoms with van der Waals surface area (Å²) in [4.78, 5) is 10.6. The molecule has 0 fully saturated rings. The van der Waals surface area contributed by atoms with Crippen molar-refractivity contribution in [1.82, 2.24) is 28.1 Å². The minimum atomic E-state index is -0.445. The standard InChI is InChI=1S/C60H48B2N8/c1-40(2)55-53-54(58(48(39-64)60-66-50-35-21-23-37-52(50)68(60)5)69(55)61(42-25-10-6-11-26-42)43-27-12-7-13-28-43)56(46-33-19-18-24-41(46)3)70(62(44-29-14-8-15-30-44)45-31-16-9-17-32-45)57(53)47(38-63)59-65-49-34-20-22-36-51(49)67(59)4/h6-37,40H,1-5H3/b57-47-,58-48-. The Bertz CT molecular complexity index is 3800. The third-order valence-electron chi connectivity index (χ3n) is 13.8. The molecule has 4 aromatic heterocycles. The third-order valence-corrected chi connectivity index (χ3v) is 13.8. The van der Waals surface area contributed by atoms with E-state index in [0.29, 0.717) is 22.8 Å². The minimum Gasteiger partial charge on any atom is -0.378 e. The Kier molecular flexibility index (Phi) is 11.2. The molecule has 0 aliphatic heterocycles. The fourth-order valence-electron chi connectivity index (χ4n) is 10.8. The van der Waals surface area contributed by atoms with Crippen molar-refractivity contribution in [3.05, 3.63) is 228 Å². The van der Waals surface area contributed by atoms with Gasteiger partial charge in [0.25, 0.3) is 0 Å². The van der Waals surface area contributed by atoms with Crippen molar-refractivity contribution in [1.29, 1.82) is 10.5 Å². The molecule has 11 rings (SSSR count). The average Bonchev–Trinajstić information content (AvgIpc) is 4.12. The fraction of sp³-hybridized carbons (Fsp3) is 0.100. The molecule has 0 atom stereocenters. The monoisotopic (exact) mass is 902 g/mol. The molecule has 70 heavy (non-hydrogen) atoms. The van der Waals surface area contributed by atoms with Crippen LogP contribution in [-0.2, 0) is 14.1 Å². The van der Waals surface area contributed by atoms with Gasteiger partial charge in [0.1, 0.15) is 23.3 Å². The van der Waals surface area contributed by atoms with Crippen LogP contribution in [0.25, 0.3) is 55.2 Å². The first-order chi connectivity index (χ1) is 34.3. The van der Waals surface area contributed by atoms with Crippen molar-refractivity contribution in [2.75, 3.05) is 0 Å². The van der Waals surface area contributed by atoms with E-state index in [4.69, 9.17) is 9.97 Å². The van der Waals surface area contributed by atoms with E-state index in [1.165, 1.54) is 0 Å². The van der Waals surface area contributed by atoms with Gasteiger partial charge < -0.3 is 18.1 Å². The van der Waals surface area contributed by atoms with Crippen LogP contribution in [0.4, 0.5) is 0 Å². The van der Waals surface area contributed by atoms with Crippen LogP contribution in [0.5, 0.6) is 0 Å². The Morgan fingerprint density at radius 3 is 1.24 bits per heavy atom. The lowest BCUT2D eigenvalue weighted by molar-refractivity contribution is 0.808. The van der Waals surface area contributed by atoms with Gasteiger partial charge in [-0.05, 0) is 42.7 Å². The van der Waals surface area contributed by atoms with Gasteiger partial charge in [-0.3, -0.25) is 0 Å². The Balaban J connectivity index is 1.52. The maximum atomic E-state index is 12.1. The number of rotatable bonds is 10. The molecule has 10 heteroatoms. The number of aromatic nitrogens is 6. The van der Waals surface area contributed by atoms with Gasteiger partial charge in [-0.15, -0.1) is 0 Å². The Labute approximate surface area is 408 Å². The van der Waals surface area contributed by atoms with Crippen LogP contribution < -0.4 is 32.5 Å². The molecule has 334 valence electrons. The molecule has 0 bridgehead atoms. The van der Waals surface area contributed by atoms with Gasteiger partial charge in [-0.1, -0.05) is 206 Å². The summed E-state index contributed by atoms with van der Waals surface area (Å²) in [6.45, 7) is 5.75. The molecule has 0 aliphatic carbocycles. The summed E-state index contributed by atoms with van der Waals surface area (Å²) in [5.74, 6) is 0.956. The normalized spacial score (nSPS) is 12.3. The van der Waals surface area contributed by atoms with Gasteiger partial charge in [-0.25, -0.2) is 9.97 Å². The molecule has 0 N–H and O–H groups in total. The fourth-order valence-corrected chi connectivity index (χ4v) is 10.8. The van der Waals surface area contributed by atoms with Crippen LogP contribution in [0.3, 0.4) is 0 Å². The van der Waals surface area contributed by atoms with Gasteiger partial charge in [0.15, 0.2) is 11.6 Å². The number of aryl methyl sites for hydroxylation is 3. The SMILES string of the molecule is Cc1ccccc1-c1c2/c(=C(\C#N)c3nc4ccccc4n3C)n(B(c3ccccc3)c3ccccc3)c(C(C)C)c2/c(=C(\C#N)c2nc3ccccc3n2C)n1B(c1ccccc1)c1ccccc1. The highest BCUT2D eigenvalue weighted by Gasteiger charge is 2.38. The second kappa shape index (κ2) is 18.0. The first-order valence-corrected chi connectivity index (χ1v) is 23.8. The number of imidazole rings is 2. The molecule has 11 aromatic rings. The van der Waals surface area contributed by atoms with E-state index in [1.807, 2.05) is 96.0 Å². The molecular formula is C60H48B2N8. The van der Waals surface area contributed by atoms with E-state index >= 15 is 0 Å². The van der Waals surface area contributed by atoms with Crippen molar-refractivity contribution >= 4 is 79.5 Å². The van der Waals surface area contributed by atoms with Gasteiger partial charge in [0.05, 0.1) is 32.8 Å². The first kappa shape index (κ1) is 43.7. The van der Waals surface area contributed by atoms with Gasteiger partial charge in [0.2, 0.25) is 0 Å². The van der Waals surface area contributed by atoms with E-state index in [0.717, 1.165) is 87.9 Å². The largest absolute Gasteiger partial charge is 0.378 e. The van der Waals surface area contributed by atoms with Crippen molar-refractivity contribution < 1.29 is 0 Å². The van der Waals surface area contributed by atoms with E-state index in [2.05, 4.69) is 163 Å². The molecule has 0 spiro atoms. The number of hydrogen-bond acceptors (Lipinski definition) is 4. The van der Waals surface area contributed by atoms with Crippen LogP contribution in [0.15, 0.2) is 194 Å². The summed E-state index contributed by atoms with van der Waals surface area (Å²) in [5, 5.41) is 27.4. The van der Waals surface area contributed by atoms with Crippen molar-refractivity contribution in [3.63, 3.8) is 0 Å². The quantitative estimate of drug-likeness (QED) is 0.130. The van der Waals surface area contributed by atoms with Crippen LogP contribution in [-0.4, -0.2) is 41.8 Å². The Morgan fingerprint density at radius 2 is 0.843 bits per heavy atom. The van der Waals surface area contributed by atoms with Gasteiger partial charge in [-0.2, -0.15) is 10.5 Å². The zero-order valence-electron chi connectivity index (χ0n) is 39.8. The van der Waals surface area contributed by atoms with Crippen molar-refractivity contribution in [2.45, 2.75) is 26.7 Å². The zero-order chi connectivity index (χ0) is 48.0. The van der Waals surface area contributed by atoms with E-state index in [9.17, 15) is 10.5 Å². The van der Waals surface area contributed by atoms with Crippen molar-refractivity contribution in [2.24, 2.45) is 14.1 Å². The van der Waals surface area contributed by atoms with Gasteiger partial charge >= 0.3 is 13.7 Å². The lowest BCUT2D eigenvalue weighted by atomic mass is 9.50. The highest BCUT2D eigenvalue weighted by Crippen LogP contribution is 2.36. The average molecular weight is 903 g/mol. The summed E-state index contributed by atoms with van der Waals surface area (Å²) in [6.07, 6.45) is 0. The lowest BCUT2D eigenvalue weighted by Crippen LogP contribution is -2.55. The third kappa shape index (κ3) is 7.07.